The van der Waals surface area contributed by atoms with Crippen molar-refractivity contribution >= 4 is 35.5 Å². The summed E-state index contributed by atoms with van der Waals surface area (Å²) in [5, 5.41) is 7.57. The molecule has 15 heteroatoms. The fourth-order valence-electron chi connectivity index (χ4n) is 6.03. The summed E-state index contributed by atoms with van der Waals surface area (Å²) in [6, 6.07) is -5.77. The summed E-state index contributed by atoms with van der Waals surface area (Å²) in [5.41, 5.74) is 1.21. The van der Waals surface area contributed by atoms with Gasteiger partial charge < -0.3 is 31.3 Å². The first-order valence-corrected chi connectivity index (χ1v) is 15.1. The van der Waals surface area contributed by atoms with E-state index in [0.29, 0.717) is 26.7 Å². The molecule has 45 heavy (non-hydrogen) atoms. The van der Waals surface area contributed by atoms with E-state index in [2.05, 4.69) is 16.0 Å². The average Bonchev–Trinajstić information content (AvgIpc) is 3.75. The van der Waals surface area contributed by atoms with Gasteiger partial charge in [0.2, 0.25) is 23.2 Å². The topological polar surface area (TPSA) is 177 Å². The first-order valence-electron chi connectivity index (χ1n) is 15.1. The number of nitrogens with zero attached hydrogens (tertiary/aromatic N) is 1. The van der Waals surface area contributed by atoms with Gasteiger partial charge in [-0.1, -0.05) is 48.5 Å². The van der Waals surface area contributed by atoms with E-state index in [1.54, 1.807) is 20.8 Å². The number of alkyl halides is 3. The number of urea groups is 1. The minimum Gasteiger partial charge on any atom is -0.448 e. The monoisotopic (exact) mass is 645 g/mol. The summed E-state index contributed by atoms with van der Waals surface area (Å²) >= 11 is 0. The third kappa shape index (κ3) is 7.54. The van der Waals surface area contributed by atoms with Crippen molar-refractivity contribution < 1.29 is 46.7 Å². The van der Waals surface area contributed by atoms with Crippen molar-refractivity contribution in [1.29, 1.82) is 0 Å². The number of ether oxygens (including phenoxy) is 1. The van der Waals surface area contributed by atoms with Gasteiger partial charge in [0, 0.05) is 6.54 Å². The molecule has 1 saturated heterocycles. The van der Waals surface area contributed by atoms with Gasteiger partial charge in [-0.2, -0.15) is 13.2 Å². The number of hydrogen-bond acceptors (Lipinski definition) is 7. The van der Waals surface area contributed by atoms with E-state index in [9.17, 15) is 41.9 Å². The number of nitrogens with one attached hydrogen (secondary N) is 3. The molecule has 1 unspecified atom stereocenters. The van der Waals surface area contributed by atoms with Crippen LogP contribution in [0, 0.1) is 34.5 Å². The van der Waals surface area contributed by atoms with E-state index in [0.717, 1.165) is 0 Å². The van der Waals surface area contributed by atoms with Crippen LogP contribution >= 0.6 is 0 Å². The van der Waals surface area contributed by atoms with Crippen molar-refractivity contribution in [3.63, 3.8) is 0 Å². The molecule has 0 spiro atoms. The van der Waals surface area contributed by atoms with Crippen LogP contribution in [0.3, 0.4) is 0 Å². The molecule has 3 aliphatic rings. The van der Waals surface area contributed by atoms with Gasteiger partial charge in [0.15, 0.2) is 0 Å². The van der Waals surface area contributed by atoms with E-state index in [1.807, 2.05) is 13.8 Å². The molecule has 0 aromatic heterocycles. The van der Waals surface area contributed by atoms with Gasteiger partial charge in [-0.3, -0.25) is 19.2 Å². The maximum atomic E-state index is 14.1. The highest BCUT2D eigenvalue weighted by atomic mass is 19.4. The van der Waals surface area contributed by atoms with Crippen LogP contribution in [0.4, 0.5) is 18.0 Å². The Kier molecular flexibility index (Phi) is 9.69. The number of Topliss-reactive ketones (excluding diaryl/α,β-unsaturated/α-hetero) is 1. The Balaban J connectivity index is 1.81. The third-order valence-corrected chi connectivity index (χ3v) is 9.31. The summed E-state index contributed by atoms with van der Waals surface area (Å²) in [4.78, 5) is 79.1. The fourth-order valence-corrected chi connectivity index (χ4v) is 6.03. The van der Waals surface area contributed by atoms with Gasteiger partial charge in [-0.25, -0.2) is 9.59 Å². The zero-order valence-electron chi connectivity index (χ0n) is 27.3. The number of ketones is 1. The largest absolute Gasteiger partial charge is 0.448 e. The van der Waals surface area contributed by atoms with Gasteiger partial charge in [0.1, 0.15) is 24.2 Å². The fraction of sp³-hybridized carbons (Fsp3) is 0.800. The maximum absolute atomic E-state index is 14.1. The van der Waals surface area contributed by atoms with E-state index in [-0.39, 0.29) is 29.7 Å². The highest BCUT2D eigenvalue weighted by molar-refractivity contribution is 6.38. The molecule has 254 valence electrons. The van der Waals surface area contributed by atoms with Gasteiger partial charge in [-0.15, -0.1) is 0 Å². The summed E-state index contributed by atoms with van der Waals surface area (Å²) in [6.45, 7) is 13.6. The number of esters is 1. The molecule has 0 aromatic carbocycles. The molecule has 5 amide bonds. The predicted octanol–water partition coefficient (Wildman–Crippen LogP) is 2.04. The first-order chi connectivity index (χ1) is 20.3. The minimum atomic E-state index is -4.85. The lowest BCUT2D eigenvalue weighted by molar-refractivity contribution is -0.258. The van der Waals surface area contributed by atoms with E-state index >= 15 is 0 Å². The summed E-state index contributed by atoms with van der Waals surface area (Å²) < 4.78 is 44.7. The zero-order valence-corrected chi connectivity index (χ0v) is 27.3. The normalized spacial score (nSPS) is 24.6. The molecular formula is C30H46F3N5O7. The standard InChI is InChI=1S/C30H46F3N5O7/c1-13(2)17(25(43)45-29(8,9)30(31,32)33)36-26(44)37-21(27(3,4)5)24(42)38-12-15-16(28(15,6)7)19(38)23(41)35-18(14-10-11-14)20(39)22(34)40/h13-19,21H,10-12H2,1-9H3,(H2,34,40)(H,35,41)(H2,36,37,44)/t15-,16-,17-,18?,19-,21+/m0/s1. The number of likely N-dealkylation sites (tertiary alicyclic amines) is 1. The Morgan fingerprint density at radius 2 is 1.49 bits per heavy atom. The number of nitrogens with two attached hydrogens (primary N) is 1. The van der Waals surface area contributed by atoms with Gasteiger partial charge in [0.25, 0.3) is 5.91 Å². The highest BCUT2D eigenvalue weighted by Gasteiger charge is 2.70. The SMILES string of the molecule is CC(C)[C@H](NC(=O)N[C@H](C(=O)N1C[C@H]2[C@@H]([C@H]1C(=O)NC(C(=O)C(N)=O)C1CC1)C2(C)C)C(C)(C)C)C(=O)OC(C)(C)C(F)(F)F. The molecule has 2 saturated carbocycles. The second kappa shape index (κ2) is 12.1. The van der Waals surface area contributed by atoms with Crippen molar-refractivity contribution in [1.82, 2.24) is 20.9 Å². The van der Waals surface area contributed by atoms with Gasteiger partial charge >= 0.3 is 18.2 Å². The Hall–Kier alpha value is -3.39. The van der Waals surface area contributed by atoms with Crippen LogP contribution in [0.15, 0.2) is 0 Å². The van der Waals surface area contributed by atoms with Crippen molar-refractivity contribution in [2.24, 2.45) is 40.2 Å². The Morgan fingerprint density at radius 3 is 1.93 bits per heavy atom. The van der Waals surface area contributed by atoms with E-state index in [1.165, 1.54) is 18.7 Å². The van der Waals surface area contributed by atoms with Gasteiger partial charge in [-0.05, 0) is 61.2 Å². The van der Waals surface area contributed by atoms with Crippen LogP contribution in [0.5, 0.6) is 0 Å². The van der Waals surface area contributed by atoms with Crippen LogP contribution in [-0.4, -0.2) is 82.9 Å². The number of rotatable bonds is 11. The first kappa shape index (κ1) is 36.1. The zero-order chi connectivity index (χ0) is 34.6. The number of carbonyl (C=O) groups excluding carboxylic acids is 6. The second-order valence-electron chi connectivity index (χ2n) is 15.0. The Labute approximate surface area is 261 Å². The summed E-state index contributed by atoms with van der Waals surface area (Å²) in [5.74, 6) is -5.72. The molecule has 12 nitrogen and oxygen atoms in total. The second-order valence-corrected chi connectivity index (χ2v) is 15.0. The lowest BCUT2D eigenvalue weighted by Crippen LogP contribution is -2.62. The molecule has 1 heterocycles. The maximum Gasteiger partial charge on any atom is 0.427 e. The molecule has 2 aliphatic carbocycles. The third-order valence-electron chi connectivity index (χ3n) is 9.31. The summed E-state index contributed by atoms with van der Waals surface area (Å²) in [6.07, 6.45) is -3.58. The minimum absolute atomic E-state index is 0.0325. The number of piperidine rings is 1. The van der Waals surface area contributed by atoms with Crippen molar-refractivity contribution in [3.05, 3.63) is 0 Å². The quantitative estimate of drug-likeness (QED) is 0.196. The van der Waals surface area contributed by atoms with Crippen LogP contribution < -0.4 is 21.7 Å². The number of fused-ring (bicyclic) bond motifs is 1. The van der Waals surface area contributed by atoms with Crippen LogP contribution in [0.25, 0.3) is 0 Å². The van der Waals surface area contributed by atoms with Crippen molar-refractivity contribution in [3.8, 4) is 0 Å². The van der Waals surface area contributed by atoms with Gasteiger partial charge in [0.05, 0.1) is 0 Å². The number of amides is 5. The van der Waals surface area contributed by atoms with E-state index in [4.69, 9.17) is 10.5 Å². The number of primary amides is 1. The highest BCUT2D eigenvalue weighted by Crippen LogP contribution is 2.65. The van der Waals surface area contributed by atoms with E-state index < -0.39 is 82.8 Å². The molecule has 6 atom stereocenters. The number of hydrogen-bond donors (Lipinski definition) is 4. The molecule has 0 aromatic rings. The molecule has 3 rings (SSSR count). The number of carbonyl (C=O) groups is 6. The predicted molar refractivity (Wildman–Crippen MR) is 155 cm³/mol. The molecule has 0 bridgehead atoms. The summed E-state index contributed by atoms with van der Waals surface area (Å²) in [7, 11) is 0. The molecule has 3 fully saturated rings. The number of halogens is 3. The van der Waals surface area contributed by atoms with Crippen molar-refractivity contribution in [2.75, 3.05) is 6.54 Å². The lowest BCUT2D eigenvalue weighted by atomic mass is 9.85. The van der Waals surface area contributed by atoms with Crippen LogP contribution in [0.1, 0.15) is 75.2 Å². The van der Waals surface area contributed by atoms with Crippen molar-refractivity contribution in [2.45, 2.75) is 111 Å². The molecule has 1 aliphatic heterocycles. The van der Waals surface area contributed by atoms with Crippen LogP contribution in [0.2, 0.25) is 0 Å². The average molecular weight is 646 g/mol. The molecular weight excluding hydrogens is 599 g/mol. The molecule has 5 N–H and O–H groups in total. The molecule has 0 radical (unpaired) electrons. The Bertz CT molecular complexity index is 1240. The Morgan fingerprint density at radius 1 is 0.933 bits per heavy atom. The smallest absolute Gasteiger partial charge is 0.427 e. The lowest BCUT2D eigenvalue weighted by Gasteiger charge is -2.38. The van der Waals surface area contributed by atoms with Crippen LogP contribution in [-0.2, 0) is 28.7 Å².